The number of ether oxygens (including phenoxy) is 2. The van der Waals surface area contributed by atoms with Crippen molar-refractivity contribution in [1.29, 1.82) is 0 Å². The van der Waals surface area contributed by atoms with Crippen LogP contribution < -0.4 is 10.2 Å². The van der Waals surface area contributed by atoms with E-state index in [4.69, 9.17) is 14.7 Å². The van der Waals surface area contributed by atoms with Gasteiger partial charge in [0.15, 0.2) is 0 Å². The molecule has 2 aromatic carbocycles. The van der Waals surface area contributed by atoms with Crippen molar-refractivity contribution in [1.82, 2.24) is 5.48 Å². The molecular weight excluding hydrogens is 338 g/mol. The third kappa shape index (κ3) is 4.98. The van der Waals surface area contributed by atoms with Crippen LogP contribution in [-0.4, -0.2) is 29.1 Å². The number of amides is 1. The van der Waals surface area contributed by atoms with Crippen molar-refractivity contribution in [2.75, 3.05) is 13.2 Å². The van der Waals surface area contributed by atoms with Crippen LogP contribution in [0, 0.1) is 0 Å². The minimum atomic E-state index is -0.363. The summed E-state index contributed by atoms with van der Waals surface area (Å²) in [7, 11) is 0. The standard InChI is InChI=1S/C19H21NO4S/c21-18(20-22)14-19(10-12-23-13-11-19)25-17-8-6-16(7-9-17)24-15-4-2-1-3-5-15/h1-9,22H,10-14H2,(H,20,21). The lowest BCUT2D eigenvalue weighted by Gasteiger charge is -2.35. The number of nitrogens with one attached hydrogen (secondary N) is 1. The number of hydrogen-bond acceptors (Lipinski definition) is 5. The normalized spacial score (nSPS) is 16.2. The van der Waals surface area contributed by atoms with Gasteiger partial charge < -0.3 is 9.47 Å². The zero-order valence-electron chi connectivity index (χ0n) is 13.8. The molecule has 0 radical (unpaired) electrons. The third-order valence-electron chi connectivity index (χ3n) is 4.15. The average Bonchev–Trinajstić information content (AvgIpc) is 2.65. The van der Waals surface area contributed by atoms with Crippen molar-refractivity contribution in [3.63, 3.8) is 0 Å². The molecule has 0 aromatic heterocycles. The van der Waals surface area contributed by atoms with E-state index in [-0.39, 0.29) is 17.1 Å². The average molecular weight is 359 g/mol. The van der Waals surface area contributed by atoms with Crippen molar-refractivity contribution in [3.05, 3.63) is 54.6 Å². The molecule has 1 aliphatic rings. The maximum Gasteiger partial charge on any atom is 0.244 e. The van der Waals surface area contributed by atoms with E-state index in [1.807, 2.05) is 54.6 Å². The number of benzene rings is 2. The molecule has 0 unspecified atom stereocenters. The molecule has 3 rings (SSSR count). The summed E-state index contributed by atoms with van der Waals surface area (Å²) in [5, 5.41) is 8.87. The summed E-state index contributed by atoms with van der Waals surface area (Å²) in [5.74, 6) is 1.20. The summed E-state index contributed by atoms with van der Waals surface area (Å²) < 4.78 is 11.0. The molecular formula is C19H21NO4S. The van der Waals surface area contributed by atoms with E-state index in [1.54, 1.807) is 17.2 Å². The first-order valence-electron chi connectivity index (χ1n) is 8.22. The molecule has 0 atom stereocenters. The Bertz CT molecular complexity index is 684. The molecule has 2 N–H and O–H groups in total. The molecule has 5 nitrogen and oxygen atoms in total. The Morgan fingerprint density at radius 2 is 1.72 bits per heavy atom. The maximum absolute atomic E-state index is 11.7. The molecule has 132 valence electrons. The lowest BCUT2D eigenvalue weighted by atomic mass is 9.95. The zero-order valence-corrected chi connectivity index (χ0v) is 14.6. The van der Waals surface area contributed by atoms with Gasteiger partial charge in [0, 0.05) is 29.3 Å². The Morgan fingerprint density at radius 3 is 2.36 bits per heavy atom. The van der Waals surface area contributed by atoms with Gasteiger partial charge in [0.2, 0.25) is 5.91 Å². The summed E-state index contributed by atoms with van der Waals surface area (Å²) in [6.45, 7) is 1.25. The number of hydroxylamine groups is 1. The van der Waals surface area contributed by atoms with Crippen LogP contribution in [0.4, 0.5) is 0 Å². The highest BCUT2D eigenvalue weighted by molar-refractivity contribution is 8.00. The van der Waals surface area contributed by atoms with E-state index in [9.17, 15) is 4.79 Å². The van der Waals surface area contributed by atoms with Crippen molar-refractivity contribution < 1.29 is 19.5 Å². The van der Waals surface area contributed by atoms with Crippen LogP contribution in [0.25, 0.3) is 0 Å². The second kappa shape index (κ2) is 8.38. The zero-order chi connectivity index (χ0) is 17.5. The van der Waals surface area contributed by atoms with Gasteiger partial charge in [0.05, 0.1) is 0 Å². The fourth-order valence-electron chi connectivity index (χ4n) is 2.84. The summed E-state index contributed by atoms with van der Waals surface area (Å²) >= 11 is 1.66. The lowest BCUT2D eigenvalue weighted by Crippen LogP contribution is -2.38. The van der Waals surface area contributed by atoms with Gasteiger partial charge in [0.25, 0.3) is 0 Å². The molecule has 0 aliphatic carbocycles. The van der Waals surface area contributed by atoms with Crippen molar-refractivity contribution >= 4 is 17.7 Å². The maximum atomic E-state index is 11.7. The number of para-hydroxylation sites is 1. The van der Waals surface area contributed by atoms with Crippen molar-refractivity contribution in [2.45, 2.75) is 28.9 Å². The van der Waals surface area contributed by atoms with Crippen LogP contribution in [0.2, 0.25) is 0 Å². The van der Waals surface area contributed by atoms with E-state index in [2.05, 4.69) is 0 Å². The van der Waals surface area contributed by atoms with Crippen LogP contribution in [0.1, 0.15) is 19.3 Å². The summed E-state index contributed by atoms with van der Waals surface area (Å²) in [4.78, 5) is 12.8. The molecule has 0 saturated carbocycles. The smallest absolute Gasteiger partial charge is 0.244 e. The summed E-state index contributed by atoms with van der Waals surface area (Å²) in [6, 6.07) is 17.5. The molecule has 0 bridgehead atoms. The Hall–Kier alpha value is -2.02. The van der Waals surface area contributed by atoms with Gasteiger partial charge in [-0.15, -0.1) is 11.8 Å². The molecule has 1 fully saturated rings. The van der Waals surface area contributed by atoms with Gasteiger partial charge in [-0.1, -0.05) is 18.2 Å². The molecule has 2 aromatic rings. The number of carbonyl (C=O) groups excluding carboxylic acids is 1. The van der Waals surface area contributed by atoms with E-state index < -0.39 is 0 Å². The third-order valence-corrected chi connectivity index (χ3v) is 5.64. The van der Waals surface area contributed by atoms with Crippen LogP contribution in [0.15, 0.2) is 59.5 Å². The number of hydrogen-bond donors (Lipinski definition) is 2. The predicted molar refractivity (Wildman–Crippen MR) is 96.1 cm³/mol. The quantitative estimate of drug-likeness (QED) is 0.602. The van der Waals surface area contributed by atoms with E-state index in [0.29, 0.717) is 13.2 Å². The van der Waals surface area contributed by atoms with Crippen LogP contribution in [0.5, 0.6) is 11.5 Å². The fraction of sp³-hybridized carbons (Fsp3) is 0.316. The van der Waals surface area contributed by atoms with E-state index in [1.165, 1.54) is 0 Å². The first kappa shape index (κ1) is 17.8. The molecule has 1 aliphatic heterocycles. The molecule has 6 heteroatoms. The topological polar surface area (TPSA) is 67.8 Å². The highest BCUT2D eigenvalue weighted by Crippen LogP contribution is 2.43. The predicted octanol–water partition coefficient (Wildman–Crippen LogP) is 4.02. The fourth-order valence-corrected chi connectivity index (χ4v) is 4.19. The van der Waals surface area contributed by atoms with Gasteiger partial charge in [-0.25, -0.2) is 5.48 Å². The van der Waals surface area contributed by atoms with Gasteiger partial charge >= 0.3 is 0 Å². The summed E-state index contributed by atoms with van der Waals surface area (Å²) in [5.41, 5.74) is 1.75. The molecule has 25 heavy (non-hydrogen) atoms. The largest absolute Gasteiger partial charge is 0.457 e. The van der Waals surface area contributed by atoms with E-state index in [0.717, 1.165) is 29.2 Å². The molecule has 1 heterocycles. The van der Waals surface area contributed by atoms with Crippen LogP contribution in [0.3, 0.4) is 0 Å². The van der Waals surface area contributed by atoms with E-state index >= 15 is 0 Å². The van der Waals surface area contributed by atoms with Crippen LogP contribution in [-0.2, 0) is 9.53 Å². The molecule has 0 spiro atoms. The van der Waals surface area contributed by atoms with Crippen molar-refractivity contribution in [2.24, 2.45) is 0 Å². The number of thioether (sulfide) groups is 1. The highest BCUT2D eigenvalue weighted by atomic mass is 32.2. The van der Waals surface area contributed by atoms with Gasteiger partial charge in [0.1, 0.15) is 11.5 Å². The Balaban J connectivity index is 1.68. The van der Waals surface area contributed by atoms with Crippen LogP contribution >= 0.6 is 11.8 Å². The monoisotopic (exact) mass is 359 g/mol. The minimum absolute atomic E-state index is 0.257. The second-order valence-electron chi connectivity index (χ2n) is 6.00. The first-order valence-corrected chi connectivity index (χ1v) is 9.03. The second-order valence-corrected chi connectivity index (χ2v) is 7.54. The number of rotatable bonds is 6. The SMILES string of the molecule is O=C(CC1(Sc2ccc(Oc3ccccc3)cc2)CCOCC1)NO. The van der Waals surface area contributed by atoms with Crippen molar-refractivity contribution in [3.8, 4) is 11.5 Å². The Labute approximate surface area is 151 Å². The highest BCUT2D eigenvalue weighted by Gasteiger charge is 2.36. The lowest BCUT2D eigenvalue weighted by molar-refractivity contribution is -0.130. The number of carbonyl (C=O) groups is 1. The minimum Gasteiger partial charge on any atom is -0.457 e. The Morgan fingerprint density at radius 1 is 1.08 bits per heavy atom. The Kier molecular flexibility index (Phi) is 5.96. The van der Waals surface area contributed by atoms with Gasteiger partial charge in [-0.2, -0.15) is 0 Å². The molecule has 1 saturated heterocycles. The molecule has 1 amide bonds. The summed E-state index contributed by atoms with van der Waals surface area (Å²) in [6.07, 6.45) is 1.81. The first-order chi connectivity index (χ1) is 12.2. The van der Waals surface area contributed by atoms with Gasteiger partial charge in [-0.3, -0.25) is 10.0 Å². The van der Waals surface area contributed by atoms with Gasteiger partial charge in [-0.05, 0) is 49.2 Å².